The summed E-state index contributed by atoms with van der Waals surface area (Å²) in [7, 11) is 0. The third-order valence-corrected chi connectivity index (χ3v) is 5.00. The predicted octanol–water partition coefficient (Wildman–Crippen LogP) is 2.54. The Hall–Kier alpha value is -3.26. The summed E-state index contributed by atoms with van der Waals surface area (Å²) < 4.78 is 5.40. The summed E-state index contributed by atoms with van der Waals surface area (Å²) in [6, 6.07) is 7.34. The van der Waals surface area contributed by atoms with Crippen LogP contribution < -0.4 is 5.32 Å². The predicted molar refractivity (Wildman–Crippen MR) is 103 cm³/mol. The number of carbonyl (C=O) groups is 2. The first-order chi connectivity index (χ1) is 13.5. The highest BCUT2D eigenvalue weighted by molar-refractivity contribution is 6.18. The van der Waals surface area contributed by atoms with E-state index in [9.17, 15) is 9.59 Å². The number of benzene rings is 1. The van der Waals surface area contributed by atoms with E-state index in [2.05, 4.69) is 20.3 Å². The van der Waals surface area contributed by atoms with E-state index in [-0.39, 0.29) is 18.4 Å². The van der Waals surface area contributed by atoms with Crippen LogP contribution in [0.15, 0.2) is 36.8 Å². The maximum Gasteiger partial charge on any atom is 0.332 e. The van der Waals surface area contributed by atoms with E-state index in [0.29, 0.717) is 40.8 Å². The monoisotopic (exact) mass is 380 g/mol. The van der Waals surface area contributed by atoms with Gasteiger partial charge in [-0.05, 0) is 25.3 Å². The number of carboxylic acid groups (broad SMARTS) is 1. The fraction of sp³-hybridized carbons (Fsp3) is 0.300. The second kappa shape index (κ2) is 7.40. The molecule has 28 heavy (non-hydrogen) atoms. The van der Waals surface area contributed by atoms with E-state index in [0.717, 1.165) is 5.56 Å². The first-order valence-electron chi connectivity index (χ1n) is 9.08. The molecule has 3 heterocycles. The zero-order valence-corrected chi connectivity index (χ0v) is 15.3. The van der Waals surface area contributed by atoms with Crippen molar-refractivity contribution in [1.82, 2.24) is 15.0 Å². The van der Waals surface area contributed by atoms with Gasteiger partial charge in [-0.15, -0.1) is 0 Å². The quantitative estimate of drug-likeness (QED) is 0.582. The lowest BCUT2D eigenvalue weighted by Gasteiger charge is -2.27. The van der Waals surface area contributed by atoms with E-state index in [1.165, 1.54) is 6.33 Å². The zero-order valence-electron chi connectivity index (χ0n) is 15.3. The molecule has 144 valence electrons. The Kier molecular flexibility index (Phi) is 4.79. The molecule has 1 aliphatic heterocycles. The summed E-state index contributed by atoms with van der Waals surface area (Å²) in [6.45, 7) is 2.16. The molecule has 0 amide bonds. The van der Waals surface area contributed by atoms with Crippen LogP contribution in [0.3, 0.4) is 0 Å². The molecule has 2 aromatic heterocycles. The highest BCUT2D eigenvalue weighted by Gasteiger charge is 2.28. The number of ether oxygens (including phenoxy) is 1. The summed E-state index contributed by atoms with van der Waals surface area (Å²) in [5.41, 5.74) is 2.58. The molecule has 4 rings (SSSR count). The van der Waals surface area contributed by atoms with Crippen molar-refractivity contribution >= 4 is 28.6 Å². The van der Waals surface area contributed by atoms with Gasteiger partial charge in [0.25, 0.3) is 0 Å². The molecule has 0 unspecified atom stereocenters. The number of aromatic amines is 1. The molecule has 1 fully saturated rings. The van der Waals surface area contributed by atoms with Crippen molar-refractivity contribution in [1.29, 1.82) is 0 Å². The average molecular weight is 380 g/mol. The molecule has 8 heteroatoms. The third kappa shape index (κ3) is 3.34. The summed E-state index contributed by atoms with van der Waals surface area (Å²) in [5, 5.41) is 13.0. The number of nitrogens with one attached hydrogen (secondary N) is 2. The molecule has 8 nitrogen and oxygen atoms in total. The van der Waals surface area contributed by atoms with Gasteiger partial charge in [-0.25, -0.2) is 14.8 Å². The Morgan fingerprint density at radius 2 is 2.04 bits per heavy atom. The molecule has 1 saturated heterocycles. The Morgan fingerprint density at radius 1 is 1.21 bits per heavy atom. The van der Waals surface area contributed by atoms with Gasteiger partial charge in [0.2, 0.25) is 0 Å². The smallest absolute Gasteiger partial charge is 0.332 e. The molecule has 0 radical (unpaired) electrons. The number of hydrogen-bond acceptors (Lipinski definition) is 6. The van der Waals surface area contributed by atoms with Gasteiger partial charge in [0.1, 0.15) is 17.8 Å². The number of anilines is 1. The van der Waals surface area contributed by atoms with E-state index in [1.807, 2.05) is 25.1 Å². The highest BCUT2D eigenvalue weighted by atomic mass is 16.5. The molecular formula is C20H20N4O4. The molecule has 3 aromatic rings. The summed E-state index contributed by atoms with van der Waals surface area (Å²) in [4.78, 5) is 35.7. The average Bonchev–Trinajstić information content (AvgIpc) is 3.13. The lowest BCUT2D eigenvalue weighted by Crippen LogP contribution is -2.38. The van der Waals surface area contributed by atoms with Gasteiger partial charge in [0, 0.05) is 11.8 Å². The van der Waals surface area contributed by atoms with Crippen molar-refractivity contribution in [2.45, 2.75) is 31.9 Å². The van der Waals surface area contributed by atoms with Crippen molar-refractivity contribution in [3.8, 4) is 0 Å². The van der Waals surface area contributed by atoms with Crippen LogP contribution in [-0.4, -0.2) is 50.6 Å². The van der Waals surface area contributed by atoms with Crippen molar-refractivity contribution in [2.75, 3.05) is 11.9 Å². The number of rotatable bonds is 5. The number of H-pyrrole nitrogens is 1. The fourth-order valence-corrected chi connectivity index (χ4v) is 3.48. The Balaban J connectivity index is 1.64. The lowest BCUT2D eigenvalue weighted by atomic mass is 9.99. The van der Waals surface area contributed by atoms with Crippen LogP contribution in [0, 0.1) is 6.92 Å². The van der Waals surface area contributed by atoms with Gasteiger partial charge in [-0.2, -0.15) is 0 Å². The van der Waals surface area contributed by atoms with Gasteiger partial charge < -0.3 is 20.1 Å². The molecular weight excluding hydrogens is 360 g/mol. The normalized spacial score (nSPS) is 19.5. The van der Waals surface area contributed by atoms with Crippen molar-refractivity contribution < 1.29 is 19.4 Å². The van der Waals surface area contributed by atoms with Crippen LogP contribution in [0.1, 0.15) is 34.3 Å². The molecule has 1 aliphatic rings. The number of carbonyl (C=O) groups excluding carboxylic acids is 1. The van der Waals surface area contributed by atoms with Gasteiger partial charge in [-0.3, -0.25) is 4.79 Å². The zero-order chi connectivity index (χ0) is 19.7. The largest absolute Gasteiger partial charge is 0.479 e. The number of hydrogen-bond donors (Lipinski definition) is 3. The summed E-state index contributed by atoms with van der Waals surface area (Å²) >= 11 is 0. The van der Waals surface area contributed by atoms with Crippen molar-refractivity contribution in [2.24, 2.45) is 0 Å². The SMILES string of the molecule is Cc1ccccc1C(=O)c1c[nH]c2ncnc(N[C@@H]3CC[C@@H](C(=O)O)OC3)c12. The van der Waals surface area contributed by atoms with Gasteiger partial charge >= 0.3 is 5.97 Å². The van der Waals surface area contributed by atoms with Crippen molar-refractivity contribution in [3.63, 3.8) is 0 Å². The minimum absolute atomic E-state index is 0.0926. The molecule has 0 aliphatic carbocycles. The number of carboxylic acids is 1. The van der Waals surface area contributed by atoms with Gasteiger partial charge in [0.05, 0.1) is 23.6 Å². The number of aryl methyl sites for hydroxylation is 1. The van der Waals surface area contributed by atoms with Crippen LogP contribution in [0.2, 0.25) is 0 Å². The summed E-state index contributed by atoms with van der Waals surface area (Å²) in [5.74, 6) is -0.516. The fourth-order valence-electron chi connectivity index (χ4n) is 3.48. The molecule has 0 spiro atoms. The molecule has 2 atom stereocenters. The van der Waals surface area contributed by atoms with E-state index in [4.69, 9.17) is 9.84 Å². The van der Waals surface area contributed by atoms with Crippen LogP contribution in [0.25, 0.3) is 11.0 Å². The second-order valence-corrected chi connectivity index (χ2v) is 6.87. The Labute approximate surface area is 161 Å². The molecule has 3 N–H and O–H groups in total. The number of ketones is 1. The molecule has 0 bridgehead atoms. The van der Waals surface area contributed by atoms with Crippen LogP contribution >= 0.6 is 0 Å². The number of aromatic nitrogens is 3. The lowest BCUT2D eigenvalue weighted by molar-refractivity contribution is -0.153. The Bertz CT molecular complexity index is 1040. The highest BCUT2D eigenvalue weighted by Crippen LogP contribution is 2.28. The van der Waals surface area contributed by atoms with Gasteiger partial charge in [0.15, 0.2) is 11.9 Å². The standard InChI is InChI=1S/C20H20N4O4/c1-11-4-2-3-5-13(11)17(25)14-8-21-18-16(14)19(23-10-22-18)24-12-6-7-15(20(26)27)28-9-12/h2-5,8,10,12,15H,6-7,9H2,1H3,(H,26,27)(H2,21,22,23,24)/t12-,15+/m1/s1. The minimum Gasteiger partial charge on any atom is -0.479 e. The van der Waals surface area contributed by atoms with E-state index < -0.39 is 12.1 Å². The van der Waals surface area contributed by atoms with Crippen molar-refractivity contribution in [3.05, 3.63) is 53.5 Å². The van der Waals surface area contributed by atoms with Crippen LogP contribution in [0.4, 0.5) is 5.82 Å². The first kappa shape index (κ1) is 18.1. The topological polar surface area (TPSA) is 117 Å². The Morgan fingerprint density at radius 3 is 2.75 bits per heavy atom. The van der Waals surface area contributed by atoms with Gasteiger partial charge in [-0.1, -0.05) is 24.3 Å². The molecule has 1 aromatic carbocycles. The maximum atomic E-state index is 13.1. The number of fused-ring (bicyclic) bond motifs is 1. The van der Waals surface area contributed by atoms with Crippen LogP contribution in [-0.2, 0) is 9.53 Å². The number of nitrogens with zero attached hydrogens (tertiary/aromatic N) is 2. The maximum absolute atomic E-state index is 13.1. The first-order valence-corrected chi connectivity index (χ1v) is 9.08. The van der Waals surface area contributed by atoms with Crippen LogP contribution in [0.5, 0.6) is 0 Å². The second-order valence-electron chi connectivity index (χ2n) is 6.87. The minimum atomic E-state index is -0.945. The molecule has 0 saturated carbocycles. The number of aliphatic carboxylic acids is 1. The van der Waals surface area contributed by atoms with E-state index in [1.54, 1.807) is 12.3 Å². The summed E-state index contributed by atoms with van der Waals surface area (Å²) in [6.07, 6.45) is 3.36. The van der Waals surface area contributed by atoms with E-state index >= 15 is 0 Å². The third-order valence-electron chi connectivity index (χ3n) is 5.00.